The van der Waals surface area contributed by atoms with E-state index in [0.717, 1.165) is 22.6 Å². The summed E-state index contributed by atoms with van der Waals surface area (Å²) in [5.74, 6) is 1.30. The zero-order valence-electron chi connectivity index (χ0n) is 18.0. The zero-order valence-corrected chi connectivity index (χ0v) is 18.8. The molecule has 3 aromatic carbocycles. The largest absolute Gasteiger partial charge is 0.486 e. The second-order valence-electron chi connectivity index (χ2n) is 7.75. The number of rotatable bonds is 6. The van der Waals surface area contributed by atoms with Crippen LogP contribution < -0.4 is 15.5 Å². The number of amides is 1. The van der Waals surface area contributed by atoms with Crippen LogP contribution in [0.25, 0.3) is 0 Å². The van der Waals surface area contributed by atoms with Gasteiger partial charge in [-0.15, -0.1) is 10.2 Å². The summed E-state index contributed by atoms with van der Waals surface area (Å²) in [6.45, 7) is 2.27. The molecule has 0 spiro atoms. The van der Waals surface area contributed by atoms with Gasteiger partial charge in [0.2, 0.25) is 11.1 Å². The van der Waals surface area contributed by atoms with Crippen LogP contribution in [0, 0.1) is 6.92 Å². The molecule has 1 aromatic heterocycles. The quantitative estimate of drug-likeness (QED) is 0.442. The first-order valence-corrected chi connectivity index (χ1v) is 11.5. The second kappa shape index (κ2) is 9.38. The van der Waals surface area contributed by atoms with Gasteiger partial charge in [0.05, 0.1) is 6.04 Å². The van der Waals surface area contributed by atoms with E-state index in [1.165, 1.54) is 11.8 Å². The molecule has 0 radical (unpaired) electrons. The summed E-state index contributed by atoms with van der Waals surface area (Å²) in [7, 11) is 0. The Morgan fingerprint density at radius 3 is 2.42 bits per heavy atom. The van der Waals surface area contributed by atoms with E-state index in [2.05, 4.69) is 20.9 Å². The summed E-state index contributed by atoms with van der Waals surface area (Å²) < 4.78 is 7.69. The van der Waals surface area contributed by atoms with Crippen molar-refractivity contribution in [3.63, 3.8) is 0 Å². The number of aromatic nitrogens is 3. The Morgan fingerprint density at radius 1 is 1.00 bits per heavy atom. The molecule has 0 saturated carbocycles. The third-order valence-corrected chi connectivity index (χ3v) is 6.57. The van der Waals surface area contributed by atoms with Gasteiger partial charge in [-0.2, -0.15) is 0 Å². The monoisotopic (exact) mass is 457 g/mol. The number of aryl methyl sites for hydroxylation is 1. The van der Waals surface area contributed by atoms with Crippen molar-refractivity contribution in [1.29, 1.82) is 0 Å². The maximum atomic E-state index is 13.3. The Balaban J connectivity index is 1.40. The predicted octanol–water partition coefficient (Wildman–Crippen LogP) is 4.56. The fourth-order valence-corrected chi connectivity index (χ4v) is 4.72. The Hall–Kier alpha value is -3.78. The summed E-state index contributed by atoms with van der Waals surface area (Å²) in [6, 6.07) is 27.0. The molecule has 1 aliphatic rings. The third-order valence-electron chi connectivity index (χ3n) is 5.35. The van der Waals surface area contributed by atoms with Gasteiger partial charge in [-0.1, -0.05) is 78.0 Å². The molecular weight excluding hydrogens is 434 g/mol. The van der Waals surface area contributed by atoms with Crippen LogP contribution in [0.4, 0.5) is 5.69 Å². The number of hydrogen-bond acceptors (Lipinski definition) is 6. The zero-order chi connectivity index (χ0) is 22.6. The molecule has 2 heterocycles. The van der Waals surface area contributed by atoms with E-state index in [1.807, 2.05) is 96.5 Å². The van der Waals surface area contributed by atoms with Gasteiger partial charge in [0, 0.05) is 5.69 Å². The number of nitrogens with one attached hydrogen (secondary N) is 2. The highest BCUT2D eigenvalue weighted by Gasteiger charge is 2.37. The van der Waals surface area contributed by atoms with Crippen molar-refractivity contribution in [2.75, 3.05) is 10.7 Å². The molecule has 166 valence electrons. The Bertz CT molecular complexity index is 1230. The molecule has 1 aliphatic heterocycles. The molecule has 4 aromatic rings. The summed E-state index contributed by atoms with van der Waals surface area (Å²) >= 11 is 1.39. The third kappa shape index (κ3) is 4.70. The number of fused-ring (bicyclic) bond motifs is 1. The Kier molecular flexibility index (Phi) is 5.99. The van der Waals surface area contributed by atoms with Gasteiger partial charge in [-0.05, 0) is 36.8 Å². The number of anilines is 1. The summed E-state index contributed by atoms with van der Waals surface area (Å²) in [4.78, 5) is 13.3. The fourth-order valence-electron chi connectivity index (χ4n) is 3.62. The number of thioether (sulfide) groups is 1. The van der Waals surface area contributed by atoms with Crippen molar-refractivity contribution in [3.8, 4) is 5.75 Å². The van der Waals surface area contributed by atoms with Gasteiger partial charge in [0.1, 0.15) is 17.6 Å². The lowest BCUT2D eigenvalue weighted by Crippen LogP contribution is -2.41. The maximum Gasteiger partial charge on any atom is 0.240 e. The number of carbonyl (C=O) groups is 1. The molecule has 2 atom stereocenters. The first-order valence-electron chi connectivity index (χ1n) is 10.7. The number of ether oxygens (including phenoxy) is 1. The van der Waals surface area contributed by atoms with Crippen LogP contribution in [0.5, 0.6) is 5.75 Å². The van der Waals surface area contributed by atoms with E-state index in [1.54, 1.807) is 0 Å². The van der Waals surface area contributed by atoms with E-state index in [4.69, 9.17) is 4.74 Å². The molecule has 0 bridgehead atoms. The van der Waals surface area contributed by atoms with Crippen molar-refractivity contribution >= 4 is 23.4 Å². The lowest BCUT2D eigenvalue weighted by Gasteiger charge is -2.33. The number of para-hydroxylation sites is 1. The van der Waals surface area contributed by atoms with Gasteiger partial charge in [0.25, 0.3) is 0 Å². The van der Waals surface area contributed by atoms with Crippen LogP contribution in [0.3, 0.4) is 0 Å². The van der Waals surface area contributed by atoms with Gasteiger partial charge in [-0.25, -0.2) is 4.68 Å². The number of benzene rings is 3. The minimum absolute atomic E-state index is 0.0958. The van der Waals surface area contributed by atoms with Crippen molar-refractivity contribution in [2.24, 2.45) is 0 Å². The molecule has 0 fully saturated rings. The van der Waals surface area contributed by atoms with Gasteiger partial charge >= 0.3 is 0 Å². The van der Waals surface area contributed by atoms with Crippen LogP contribution in [-0.2, 0) is 11.4 Å². The molecule has 1 amide bonds. The normalized spacial score (nSPS) is 17.0. The van der Waals surface area contributed by atoms with Gasteiger partial charge in [0.15, 0.2) is 5.82 Å². The van der Waals surface area contributed by atoms with Crippen LogP contribution in [-0.4, -0.2) is 26.0 Å². The van der Waals surface area contributed by atoms with Crippen molar-refractivity contribution in [2.45, 2.75) is 30.0 Å². The summed E-state index contributed by atoms with van der Waals surface area (Å²) in [6.07, 6.45) is 0. The lowest BCUT2D eigenvalue weighted by atomic mass is 10.0. The van der Waals surface area contributed by atoms with Crippen LogP contribution >= 0.6 is 11.8 Å². The fraction of sp³-hybridized carbons (Fsp3) is 0.160. The lowest BCUT2D eigenvalue weighted by molar-refractivity contribution is -0.116. The standard InChI is InChI=1S/C25H23N5O2S/c1-17-12-14-19(15-13-17)26-24(31)23-22(18-8-4-2-5-9-18)29-30-21(27-28-25(30)33-23)16-32-20-10-6-3-7-11-20/h2-15,22-23,29H,16H2,1H3,(H,26,31)/t22-,23+/m1/s1. The van der Waals surface area contributed by atoms with E-state index < -0.39 is 5.25 Å². The first-order chi connectivity index (χ1) is 16.2. The minimum Gasteiger partial charge on any atom is -0.486 e. The topological polar surface area (TPSA) is 81.1 Å². The molecular formula is C25H23N5O2S. The van der Waals surface area contributed by atoms with Crippen LogP contribution in [0.1, 0.15) is 23.0 Å². The second-order valence-corrected chi connectivity index (χ2v) is 8.86. The average molecular weight is 458 g/mol. The summed E-state index contributed by atoms with van der Waals surface area (Å²) in [5, 5.41) is 11.8. The van der Waals surface area contributed by atoms with Gasteiger partial charge < -0.3 is 15.5 Å². The Morgan fingerprint density at radius 2 is 1.70 bits per heavy atom. The molecule has 8 heteroatoms. The Labute approximate surface area is 196 Å². The molecule has 2 N–H and O–H groups in total. The van der Waals surface area contributed by atoms with E-state index in [0.29, 0.717) is 11.0 Å². The van der Waals surface area contributed by atoms with Crippen LogP contribution in [0.15, 0.2) is 90.1 Å². The summed E-state index contributed by atoms with van der Waals surface area (Å²) in [5.41, 5.74) is 6.36. The molecule has 7 nitrogen and oxygen atoms in total. The molecule has 33 heavy (non-hydrogen) atoms. The highest BCUT2D eigenvalue weighted by Crippen LogP contribution is 2.37. The van der Waals surface area contributed by atoms with Crippen molar-refractivity contribution in [1.82, 2.24) is 14.9 Å². The molecule has 0 unspecified atom stereocenters. The SMILES string of the molecule is Cc1ccc(NC(=O)[C@H]2Sc3nnc(COc4ccccc4)n3N[C@@H]2c2ccccc2)cc1. The number of hydrogen-bond donors (Lipinski definition) is 2. The van der Waals surface area contributed by atoms with Crippen molar-refractivity contribution in [3.05, 3.63) is 102 Å². The minimum atomic E-state index is -0.437. The number of carbonyl (C=O) groups excluding carboxylic acids is 1. The van der Waals surface area contributed by atoms with E-state index in [9.17, 15) is 4.79 Å². The highest BCUT2D eigenvalue weighted by atomic mass is 32.2. The molecule has 0 saturated heterocycles. The predicted molar refractivity (Wildman–Crippen MR) is 129 cm³/mol. The van der Waals surface area contributed by atoms with E-state index >= 15 is 0 Å². The van der Waals surface area contributed by atoms with E-state index in [-0.39, 0.29) is 18.6 Å². The maximum absolute atomic E-state index is 13.3. The van der Waals surface area contributed by atoms with Crippen molar-refractivity contribution < 1.29 is 9.53 Å². The van der Waals surface area contributed by atoms with Crippen LogP contribution in [0.2, 0.25) is 0 Å². The molecule has 0 aliphatic carbocycles. The molecule has 5 rings (SSSR count). The highest BCUT2D eigenvalue weighted by molar-refractivity contribution is 8.00. The number of nitrogens with zero attached hydrogens (tertiary/aromatic N) is 3. The smallest absolute Gasteiger partial charge is 0.240 e. The van der Waals surface area contributed by atoms with Gasteiger partial charge in [-0.3, -0.25) is 4.79 Å². The average Bonchev–Trinajstić information content (AvgIpc) is 3.26. The first kappa shape index (κ1) is 21.1.